The van der Waals surface area contributed by atoms with E-state index < -0.39 is 23.9 Å². The number of rotatable bonds is 2. The summed E-state index contributed by atoms with van der Waals surface area (Å²) < 4.78 is 29.1. The number of carbonyl (C=O) groups is 1. The van der Waals surface area contributed by atoms with Crippen LogP contribution in [0.2, 0.25) is 0 Å². The van der Waals surface area contributed by atoms with Crippen LogP contribution in [-0.4, -0.2) is 56.9 Å². The molecule has 4 rings (SSSR count). The van der Waals surface area contributed by atoms with Gasteiger partial charge in [0.1, 0.15) is 23.3 Å². The minimum absolute atomic E-state index is 0.0353. The maximum absolute atomic E-state index is 14.6. The van der Waals surface area contributed by atoms with Gasteiger partial charge in [-0.05, 0) is 18.9 Å². The van der Waals surface area contributed by atoms with Crippen molar-refractivity contribution in [3.63, 3.8) is 0 Å². The van der Waals surface area contributed by atoms with Gasteiger partial charge in [0.05, 0.1) is 18.4 Å². The molecule has 0 aliphatic carbocycles. The number of nitrogens with zero attached hydrogens (tertiary/aromatic N) is 4. The third-order valence-corrected chi connectivity index (χ3v) is 5.21. The normalized spacial score (nSPS) is 25.0. The van der Waals surface area contributed by atoms with Gasteiger partial charge in [0, 0.05) is 19.3 Å². The van der Waals surface area contributed by atoms with Crippen molar-refractivity contribution in [1.29, 1.82) is 0 Å². The fraction of sp³-hybridized carbons (Fsp3) is 0.471. The van der Waals surface area contributed by atoms with E-state index in [1.165, 1.54) is 11.2 Å². The number of terminal acetylenes is 1. The van der Waals surface area contributed by atoms with Crippen LogP contribution in [0.15, 0.2) is 18.6 Å². The molecule has 1 spiro atoms. The fourth-order valence-corrected chi connectivity index (χ4v) is 3.96. The molecule has 1 atom stereocenters. The van der Waals surface area contributed by atoms with E-state index >= 15 is 0 Å². The fourth-order valence-electron chi connectivity index (χ4n) is 3.96. The second kappa shape index (κ2) is 5.41. The van der Waals surface area contributed by atoms with E-state index in [4.69, 9.17) is 6.42 Å². The zero-order chi connectivity index (χ0) is 17.7. The number of halogens is 2. The van der Waals surface area contributed by atoms with Gasteiger partial charge >= 0.3 is 0 Å². The molecule has 0 saturated carbocycles. The lowest BCUT2D eigenvalue weighted by Gasteiger charge is -2.61. The average Bonchev–Trinajstić information content (AvgIpc) is 3.08. The third kappa shape index (κ3) is 2.18. The Morgan fingerprint density at radius 2 is 2.24 bits per heavy atom. The van der Waals surface area contributed by atoms with Crippen LogP contribution in [0.5, 0.6) is 0 Å². The zero-order valence-corrected chi connectivity index (χ0v) is 13.5. The number of carbonyl (C=O) groups excluding carboxylic acids is 1. The Bertz CT molecular complexity index is 873. The molecule has 2 aliphatic rings. The molecule has 0 radical (unpaired) electrons. The molecule has 2 fully saturated rings. The molecular weight excluding hydrogens is 328 g/mol. The van der Waals surface area contributed by atoms with Gasteiger partial charge in [-0.25, -0.2) is 18.7 Å². The molecule has 2 aliphatic heterocycles. The summed E-state index contributed by atoms with van der Waals surface area (Å²) in [5, 5.41) is 0.781. The number of aromatic nitrogens is 3. The van der Waals surface area contributed by atoms with Gasteiger partial charge in [-0.15, -0.1) is 6.42 Å². The number of aromatic amines is 1. The lowest BCUT2D eigenvalue weighted by Crippen LogP contribution is -2.80. The Morgan fingerprint density at radius 1 is 1.40 bits per heavy atom. The monoisotopic (exact) mass is 345 g/mol. The maximum atomic E-state index is 14.6. The topological polar surface area (TPSA) is 65.1 Å². The van der Waals surface area contributed by atoms with Crippen LogP contribution in [0.25, 0.3) is 11.0 Å². The first-order valence-electron chi connectivity index (χ1n) is 8.13. The number of likely N-dealkylation sites (tertiary alicyclic amines) is 1. The lowest BCUT2D eigenvalue weighted by molar-refractivity contribution is -0.243. The largest absolute Gasteiger partial charge is 0.353 e. The first-order valence-corrected chi connectivity index (χ1v) is 8.13. The van der Waals surface area contributed by atoms with E-state index in [2.05, 4.69) is 20.9 Å². The number of hydrogen-bond donors (Lipinski definition) is 1. The second-order valence-electron chi connectivity index (χ2n) is 6.56. The molecule has 1 amide bonds. The summed E-state index contributed by atoms with van der Waals surface area (Å²) >= 11 is 0. The first kappa shape index (κ1) is 15.8. The van der Waals surface area contributed by atoms with Gasteiger partial charge in [0.25, 0.3) is 5.92 Å². The summed E-state index contributed by atoms with van der Waals surface area (Å²) in [4.78, 5) is 26.7. The van der Waals surface area contributed by atoms with Crippen molar-refractivity contribution >= 4 is 22.8 Å². The molecule has 2 saturated heterocycles. The van der Waals surface area contributed by atoms with E-state index in [-0.39, 0.29) is 19.4 Å². The Balaban J connectivity index is 1.69. The van der Waals surface area contributed by atoms with Crippen molar-refractivity contribution in [2.75, 3.05) is 24.5 Å². The van der Waals surface area contributed by atoms with E-state index in [9.17, 15) is 13.6 Å². The minimum atomic E-state index is -2.93. The lowest BCUT2D eigenvalue weighted by atomic mass is 9.74. The smallest absolute Gasteiger partial charge is 0.289 e. The summed E-state index contributed by atoms with van der Waals surface area (Å²) in [5.41, 5.74) is -0.850. The minimum Gasteiger partial charge on any atom is -0.353 e. The molecule has 2 aromatic heterocycles. The van der Waals surface area contributed by atoms with E-state index in [1.54, 1.807) is 6.20 Å². The van der Waals surface area contributed by atoms with Crippen molar-refractivity contribution in [3.8, 4) is 12.3 Å². The highest BCUT2D eigenvalue weighted by Crippen LogP contribution is 2.50. The molecule has 25 heavy (non-hydrogen) atoms. The van der Waals surface area contributed by atoms with Gasteiger partial charge in [0.2, 0.25) is 5.91 Å². The molecule has 0 aromatic carbocycles. The molecule has 6 nitrogen and oxygen atoms in total. The number of hydrogen-bond acceptors (Lipinski definition) is 4. The Kier molecular flexibility index (Phi) is 3.42. The van der Waals surface area contributed by atoms with Crippen molar-refractivity contribution in [2.24, 2.45) is 0 Å². The standard InChI is InChI=1S/C17H17F2N5O/c1-2-4-13(25)24-10-17(18,19)16(24)6-3-8-23(9-16)15-12-5-7-20-14(12)21-11-22-15/h1,5,7,11H,3-4,6,8-10H2,(H,20,21,22)/t16-/m1/s1. The summed E-state index contributed by atoms with van der Waals surface area (Å²) in [6.07, 6.45) is 8.98. The highest BCUT2D eigenvalue weighted by Gasteiger charge is 2.69. The Hall–Kier alpha value is -2.69. The van der Waals surface area contributed by atoms with E-state index in [0.29, 0.717) is 24.4 Å². The van der Waals surface area contributed by atoms with Crippen LogP contribution in [0.3, 0.4) is 0 Å². The van der Waals surface area contributed by atoms with Crippen molar-refractivity contribution in [3.05, 3.63) is 18.6 Å². The molecule has 4 heterocycles. The predicted molar refractivity (Wildman–Crippen MR) is 88.2 cm³/mol. The third-order valence-electron chi connectivity index (χ3n) is 5.21. The summed E-state index contributed by atoms with van der Waals surface area (Å²) in [7, 11) is 0. The van der Waals surface area contributed by atoms with E-state index in [1.807, 2.05) is 11.0 Å². The molecule has 1 N–H and O–H groups in total. The SMILES string of the molecule is C#CCC(=O)N1CC(F)(F)[C@]12CCCN(c1ncnc3[nH]ccc13)C2. The number of anilines is 1. The zero-order valence-electron chi connectivity index (χ0n) is 13.5. The number of alkyl halides is 2. The molecule has 0 unspecified atom stereocenters. The van der Waals surface area contributed by atoms with Gasteiger partial charge in [-0.3, -0.25) is 4.79 Å². The van der Waals surface area contributed by atoms with Crippen LogP contribution in [0.1, 0.15) is 19.3 Å². The Labute approximate surface area is 143 Å². The van der Waals surface area contributed by atoms with E-state index in [0.717, 1.165) is 5.39 Å². The number of nitrogens with one attached hydrogen (secondary N) is 1. The highest BCUT2D eigenvalue weighted by atomic mass is 19.3. The number of piperidine rings is 1. The summed E-state index contributed by atoms with van der Waals surface area (Å²) in [6, 6.07) is 1.83. The quantitative estimate of drug-likeness (QED) is 0.843. The maximum Gasteiger partial charge on any atom is 0.289 e. The number of fused-ring (bicyclic) bond motifs is 1. The van der Waals surface area contributed by atoms with Crippen LogP contribution < -0.4 is 4.90 Å². The number of amides is 1. The number of H-pyrrole nitrogens is 1. The van der Waals surface area contributed by atoms with Crippen LogP contribution >= 0.6 is 0 Å². The van der Waals surface area contributed by atoms with Crippen LogP contribution in [0, 0.1) is 12.3 Å². The average molecular weight is 345 g/mol. The summed E-state index contributed by atoms with van der Waals surface area (Å²) in [5.74, 6) is -0.479. The molecule has 8 heteroatoms. The molecule has 130 valence electrons. The second-order valence-corrected chi connectivity index (χ2v) is 6.56. The summed E-state index contributed by atoms with van der Waals surface area (Å²) in [6.45, 7) is 0.0740. The van der Waals surface area contributed by atoms with Gasteiger partial charge < -0.3 is 14.8 Å². The van der Waals surface area contributed by atoms with Crippen LogP contribution in [0.4, 0.5) is 14.6 Å². The molecule has 0 bridgehead atoms. The highest BCUT2D eigenvalue weighted by molar-refractivity contribution is 5.87. The van der Waals surface area contributed by atoms with Gasteiger partial charge in [-0.1, -0.05) is 5.92 Å². The Morgan fingerprint density at radius 3 is 3.00 bits per heavy atom. The van der Waals surface area contributed by atoms with Crippen molar-refractivity contribution in [1.82, 2.24) is 19.9 Å². The van der Waals surface area contributed by atoms with Gasteiger partial charge in [0.15, 0.2) is 0 Å². The molecular formula is C17H17F2N5O. The van der Waals surface area contributed by atoms with Crippen molar-refractivity contribution < 1.29 is 13.6 Å². The van der Waals surface area contributed by atoms with Crippen LogP contribution in [-0.2, 0) is 4.79 Å². The first-order chi connectivity index (χ1) is 12.0. The van der Waals surface area contributed by atoms with Gasteiger partial charge in [-0.2, -0.15) is 0 Å². The predicted octanol–water partition coefficient (Wildman–Crippen LogP) is 1.80. The molecule has 2 aromatic rings. The van der Waals surface area contributed by atoms with Crippen molar-refractivity contribution in [2.45, 2.75) is 30.7 Å².